The number of hydrogen-bond donors (Lipinski definition) is 0. The maximum Gasteiger partial charge on any atom is 0.0709 e. The van der Waals surface area contributed by atoms with Gasteiger partial charge in [-0.15, -0.1) is 0 Å². The van der Waals surface area contributed by atoms with Gasteiger partial charge in [0.25, 0.3) is 0 Å². The summed E-state index contributed by atoms with van der Waals surface area (Å²) in [7, 11) is 0. The van der Waals surface area contributed by atoms with Crippen molar-refractivity contribution in [2.45, 2.75) is 44.9 Å². The van der Waals surface area contributed by atoms with E-state index in [0.717, 1.165) is 34.5 Å². The molecular formula is C39H37N. The van der Waals surface area contributed by atoms with Crippen molar-refractivity contribution in [3.63, 3.8) is 0 Å². The third kappa shape index (κ3) is 6.49. The molecule has 1 aliphatic rings. The maximum atomic E-state index is 5.02. The second-order valence-corrected chi connectivity index (χ2v) is 11.0. The Morgan fingerprint density at radius 1 is 0.575 bits per heavy atom. The van der Waals surface area contributed by atoms with Crippen molar-refractivity contribution in [1.29, 1.82) is 0 Å². The fourth-order valence-corrected chi connectivity index (χ4v) is 5.80. The van der Waals surface area contributed by atoms with Crippen LogP contribution in [0.4, 0.5) is 0 Å². The summed E-state index contributed by atoms with van der Waals surface area (Å²) in [5, 5.41) is 1.16. The molecule has 198 valence electrons. The number of aromatic nitrogens is 1. The number of hydrogen-bond acceptors (Lipinski definition) is 1. The Bertz CT molecular complexity index is 1630. The highest BCUT2D eigenvalue weighted by atomic mass is 14.7. The molecular weight excluding hydrogens is 482 g/mol. The third-order valence-electron chi connectivity index (χ3n) is 8.07. The molecule has 0 spiro atoms. The Kier molecular flexibility index (Phi) is 8.29. The second-order valence-electron chi connectivity index (χ2n) is 11.0. The lowest BCUT2D eigenvalue weighted by Crippen LogP contribution is -1.97. The lowest BCUT2D eigenvalue weighted by atomic mass is 9.94. The van der Waals surface area contributed by atoms with Crippen LogP contribution in [0.25, 0.3) is 44.4 Å². The van der Waals surface area contributed by atoms with E-state index < -0.39 is 0 Å². The fraction of sp³-hybridized carbons (Fsp3) is 0.205. The highest BCUT2D eigenvalue weighted by Gasteiger charge is 2.07. The first kappa shape index (κ1) is 26.0. The van der Waals surface area contributed by atoms with Crippen LogP contribution >= 0.6 is 0 Å². The lowest BCUT2D eigenvalue weighted by Gasteiger charge is -2.12. The molecule has 1 aliphatic carbocycles. The molecule has 5 aromatic rings. The van der Waals surface area contributed by atoms with Gasteiger partial charge in [0.2, 0.25) is 0 Å². The zero-order chi connectivity index (χ0) is 27.0. The molecule has 0 N–H and O–H groups in total. The predicted octanol–water partition coefficient (Wildman–Crippen LogP) is 10.9. The molecule has 0 saturated carbocycles. The van der Waals surface area contributed by atoms with Crippen LogP contribution in [0.1, 0.15) is 44.1 Å². The lowest BCUT2D eigenvalue weighted by molar-refractivity contribution is 0.526. The molecule has 0 radical (unpaired) electrons. The molecule has 4 aromatic carbocycles. The predicted molar refractivity (Wildman–Crippen MR) is 171 cm³/mol. The number of rotatable bonds is 10. The van der Waals surface area contributed by atoms with E-state index >= 15 is 0 Å². The average molecular weight is 520 g/mol. The Morgan fingerprint density at radius 2 is 1.35 bits per heavy atom. The molecule has 40 heavy (non-hydrogen) atoms. The first-order valence-electron chi connectivity index (χ1n) is 14.8. The van der Waals surface area contributed by atoms with Gasteiger partial charge in [-0.05, 0) is 83.7 Å². The minimum Gasteiger partial charge on any atom is -0.248 e. The van der Waals surface area contributed by atoms with Crippen molar-refractivity contribution < 1.29 is 0 Å². The molecule has 0 amide bonds. The minimum atomic E-state index is 0.759. The van der Waals surface area contributed by atoms with E-state index in [1.165, 1.54) is 66.3 Å². The fourth-order valence-electron chi connectivity index (χ4n) is 5.80. The topological polar surface area (TPSA) is 12.9 Å². The SMILES string of the molecule is C1=CCC(CCCCCCc2cccc(-c3cccc(-c4ccc5cc(-c6ccccc6)ccc5n4)c3)c2)C=C1. The summed E-state index contributed by atoms with van der Waals surface area (Å²) in [5.74, 6) is 0.759. The van der Waals surface area contributed by atoms with E-state index in [1.54, 1.807) is 0 Å². The average Bonchev–Trinajstić information content (AvgIpc) is 3.03. The first-order valence-corrected chi connectivity index (χ1v) is 14.8. The van der Waals surface area contributed by atoms with E-state index in [2.05, 4.69) is 133 Å². The zero-order valence-corrected chi connectivity index (χ0v) is 23.2. The number of pyridine rings is 1. The molecule has 0 fully saturated rings. The zero-order valence-electron chi connectivity index (χ0n) is 23.2. The molecule has 1 atom stereocenters. The largest absolute Gasteiger partial charge is 0.248 e. The molecule has 0 bridgehead atoms. The van der Waals surface area contributed by atoms with Gasteiger partial charge in [-0.3, -0.25) is 0 Å². The molecule has 0 saturated heterocycles. The Morgan fingerprint density at radius 3 is 2.23 bits per heavy atom. The van der Waals surface area contributed by atoms with Gasteiger partial charge < -0.3 is 0 Å². The van der Waals surface area contributed by atoms with Crippen LogP contribution in [0.3, 0.4) is 0 Å². The molecule has 1 nitrogen and oxygen atoms in total. The monoisotopic (exact) mass is 519 g/mol. The van der Waals surface area contributed by atoms with Crippen LogP contribution in [-0.2, 0) is 6.42 Å². The van der Waals surface area contributed by atoms with Gasteiger partial charge in [-0.2, -0.15) is 0 Å². The van der Waals surface area contributed by atoms with Gasteiger partial charge in [0.05, 0.1) is 11.2 Å². The normalized spacial score (nSPS) is 14.6. The summed E-state index contributed by atoms with van der Waals surface area (Å²) in [5.41, 5.74) is 9.60. The van der Waals surface area contributed by atoms with Gasteiger partial charge in [-0.25, -0.2) is 4.98 Å². The van der Waals surface area contributed by atoms with E-state index in [4.69, 9.17) is 4.98 Å². The number of aryl methyl sites for hydroxylation is 1. The van der Waals surface area contributed by atoms with Crippen LogP contribution in [0.5, 0.6) is 0 Å². The summed E-state index contributed by atoms with van der Waals surface area (Å²) < 4.78 is 0. The number of fused-ring (bicyclic) bond motifs is 1. The van der Waals surface area contributed by atoms with Crippen LogP contribution in [0, 0.1) is 5.92 Å². The molecule has 1 unspecified atom stereocenters. The second kappa shape index (κ2) is 12.7. The van der Waals surface area contributed by atoms with Gasteiger partial charge in [0, 0.05) is 10.9 Å². The van der Waals surface area contributed by atoms with Crippen LogP contribution < -0.4 is 0 Å². The standard InChI is InChI=1S/C39H37N/c1(5-13-30-14-7-3-8-15-30)2-6-16-31-17-11-20-33(27-31)34-21-12-22-36(28-34)38-26-24-37-29-35(23-25-39(37)40-38)32-18-9-4-10-19-32/h3-4,7-12,14,17-30H,1-2,5-6,13,15-16H2. The van der Waals surface area contributed by atoms with E-state index in [9.17, 15) is 0 Å². The summed E-state index contributed by atoms with van der Waals surface area (Å²) in [6.07, 6.45) is 18.0. The highest BCUT2D eigenvalue weighted by Crippen LogP contribution is 2.29. The van der Waals surface area contributed by atoms with Crippen LogP contribution in [0.2, 0.25) is 0 Å². The summed E-state index contributed by atoms with van der Waals surface area (Å²) in [6, 6.07) is 39.3. The summed E-state index contributed by atoms with van der Waals surface area (Å²) in [6.45, 7) is 0. The number of unbranched alkanes of at least 4 members (excludes halogenated alkanes) is 3. The highest BCUT2D eigenvalue weighted by molar-refractivity contribution is 5.86. The number of benzene rings is 4. The number of allylic oxidation sites excluding steroid dienone is 4. The quantitative estimate of drug-likeness (QED) is 0.167. The molecule has 6 rings (SSSR count). The third-order valence-corrected chi connectivity index (χ3v) is 8.07. The minimum absolute atomic E-state index is 0.759. The molecule has 1 heterocycles. The Balaban J connectivity index is 1.10. The van der Waals surface area contributed by atoms with Crippen molar-refractivity contribution in [3.8, 4) is 33.5 Å². The van der Waals surface area contributed by atoms with Crippen LogP contribution in [-0.4, -0.2) is 4.98 Å². The van der Waals surface area contributed by atoms with Crippen molar-refractivity contribution in [2.24, 2.45) is 5.92 Å². The Hall–Kier alpha value is -4.23. The van der Waals surface area contributed by atoms with Crippen molar-refractivity contribution in [1.82, 2.24) is 4.98 Å². The molecule has 0 aliphatic heterocycles. The van der Waals surface area contributed by atoms with Gasteiger partial charge in [0.1, 0.15) is 0 Å². The molecule has 1 aromatic heterocycles. The van der Waals surface area contributed by atoms with Gasteiger partial charge >= 0.3 is 0 Å². The van der Waals surface area contributed by atoms with Crippen molar-refractivity contribution >= 4 is 10.9 Å². The first-order chi connectivity index (χ1) is 19.8. The van der Waals surface area contributed by atoms with Crippen LogP contribution in [0.15, 0.2) is 133 Å². The van der Waals surface area contributed by atoms with Gasteiger partial charge in [0.15, 0.2) is 0 Å². The summed E-state index contributed by atoms with van der Waals surface area (Å²) >= 11 is 0. The Labute approximate surface area is 238 Å². The van der Waals surface area contributed by atoms with E-state index in [0.29, 0.717) is 0 Å². The van der Waals surface area contributed by atoms with Crippen molar-refractivity contribution in [2.75, 3.05) is 0 Å². The van der Waals surface area contributed by atoms with Crippen molar-refractivity contribution in [3.05, 3.63) is 139 Å². The number of nitrogens with zero attached hydrogens (tertiary/aromatic N) is 1. The maximum absolute atomic E-state index is 5.02. The summed E-state index contributed by atoms with van der Waals surface area (Å²) in [4.78, 5) is 5.02. The van der Waals surface area contributed by atoms with E-state index in [1.807, 2.05) is 0 Å². The smallest absolute Gasteiger partial charge is 0.0709 e. The molecule has 1 heteroatoms. The van der Waals surface area contributed by atoms with E-state index in [-0.39, 0.29) is 0 Å². The van der Waals surface area contributed by atoms with Gasteiger partial charge in [-0.1, -0.05) is 128 Å².